The maximum absolute atomic E-state index is 13.0. The molecule has 0 aromatic heterocycles. The Morgan fingerprint density at radius 2 is 2.04 bits per heavy atom. The molecule has 0 spiro atoms. The molecule has 6 nitrogen and oxygen atoms in total. The van der Waals surface area contributed by atoms with E-state index in [2.05, 4.69) is 10.6 Å². The Kier molecular flexibility index (Phi) is 8.67. The van der Waals surface area contributed by atoms with Crippen LogP contribution in [0.15, 0.2) is 24.3 Å². The van der Waals surface area contributed by atoms with Crippen molar-refractivity contribution in [3.63, 3.8) is 0 Å². The second-order valence-corrected chi connectivity index (χ2v) is 7.06. The number of hydrogen-bond acceptors (Lipinski definition) is 4. The van der Waals surface area contributed by atoms with Crippen molar-refractivity contribution in [1.82, 2.24) is 10.6 Å². The van der Waals surface area contributed by atoms with Crippen LogP contribution >= 0.6 is 0 Å². The first-order valence-electron chi connectivity index (χ1n) is 9.51. The van der Waals surface area contributed by atoms with Gasteiger partial charge in [0.05, 0.1) is 12.7 Å². The highest BCUT2D eigenvalue weighted by Gasteiger charge is 2.24. The topological polar surface area (TPSA) is 76.7 Å². The Bertz CT molecular complexity index is 601. The lowest BCUT2D eigenvalue weighted by Crippen LogP contribution is -2.50. The first kappa shape index (κ1) is 21.3. The number of nitrogens with one attached hydrogen (secondary N) is 2. The number of rotatable bonds is 10. The van der Waals surface area contributed by atoms with E-state index >= 15 is 0 Å². The molecule has 1 heterocycles. The van der Waals surface area contributed by atoms with E-state index in [1.54, 1.807) is 0 Å². The van der Waals surface area contributed by atoms with Crippen molar-refractivity contribution in [2.24, 2.45) is 5.92 Å². The molecule has 1 saturated heterocycles. The third-order valence-electron chi connectivity index (χ3n) is 4.43. The van der Waals surface area contributed by atoms with Crippen molar-refractivity contribution in [1.29, 1.82) is 0 Å². The summed E-state index contributed by atoms with van der Waals surface area (Å²) in [4.78, 5) is 24.7. The lowest BCUT2D eigenvalue weighted by Gasteiger charge is -2.22. The normalized spacial score (nSPS) is 17.7. The van der Waals surface area contributed by atoms with Crippen molar-refractivity contribution in [3.05, 3.63) is 35.6 Å². The Hall–Kier alpha value is -1.99. The van der Waals surface area contributed by atoms with Gasteiger partial charge in [0.25, 0.3) is 5.91 Å². The molecule has 1 aromatic carbocycles. The van der Waals surface area contributed by atoms with Gasteiger partial charge in [-0.2, -0.15) is 0 Å². The first-order valence-corrected chi connectivity index (χ1v) is 9.51. The Morgan fingerprint density at radius 3 is 2.67 bits per heavy atom. The molecule has 0 saturated carbocycles. The molecule has 7 heteroatoms. The molecule has 1 aromatic rings. The van der Waals surface area contributed by atoms with E-state index in [-0.39, 0.29) is 17.9 Å². The fourth-order valence-corrected chi connectivity index (χ4v) is 2.85. The van der Waals surface area contributed by atoms with E-state index in [1.165, 1.54) is 24.3 Å². The first-order chi connectivity index (χ1) is 13.0. The van der Waals surface area contributed by atoms with Crippen LogP contribution in [-0.2, 0) is 14.3 Å². The molecule has 2 unspecified atom stereocenters. The highest BCUT2D eigenvalue weighted by molar-refractivity contribution is 5.97. The second kappa shape index (κ2) is 11.0. The van der Waals surface area contributed by atoms with E-state index < -0.39 is 17.8 Å². The molecule has 0 radical (unpaired) electrons. The number of carbonyl (C=O) groups is 2. The monoisotopic (exact) mass is 380 g/mol. The van der Waals surface area contributed by atoms with Gasteiger partial charge >= 0.3 is 0 Å². The van der Waals surface area contributed by atoms with Crippen LogP contribution in [0.1, 0.15) is 43.5 Å². The number of hydrogen-bond donors (Lipinski definition) is 2. The Balaban J connectivity index is 1.70. The number of carbonyl (C=O) groups excluding carboxylic acids is 2. The summed E-state index contributed by atoms with van der Waals surface area (Å²) in [7, 11) is 0. The molecule has 1 fully saturated rings. The minimum Gasteiger partial charge on any atom is -0.379 e. The van der Waals surface area contributed by atoms with E-state index in [1.807, 2.05) is 13.8 Å². The number of amides is 2. The van der Waals surface area contributed by atoms with Gasteiger partial charge < -0.3 is 20.1 Å². The van der Waals surface area contributed by atoms with E-state index in [4.69, 9.17) is 9.47 Å². The Labute approximate surface area is 159 Å². The van der Waals surface area contributed by atoms with Crippen molar-refractivity contribution in [3.8, 4) is 0 Å². The lowest BCUT2D eigenvalue weighted by molar-refractivity contribution is -0.124. The van der Waals surface area contributed by atoms with Crippen LogP contribution in [-0.4, -0.2) is 50.3 Å². The van der Waals surface area contributed by atoms with E-state index in [0.29, 0.717) is 31.7 Å². The lowest BCUT2D eigenvalue weighted by atomic mass is 10.0. The van der Waals surface area contributed by atoms with E-state index in [9.17, 15) is 14.0 Å². The van der Waals surface area contributed by atoms with Gasteiger partial charge in [-0.25, -0.2) is 4.39 Å². The van der Waals surface area contributed by atoms with Crippen LogP contribution < -0.4 is 10.6 Å². The van der Waals surface area contributed by atoms with Gasteiger partial charge in [-0.05, 0) is 49.4 Å². The van der Waals surface area contributed by atoms with Crippen LogP contribution in [0.5, 0.6) is 0 Å². The third kappa shape index (κ3) is 7.27. The van der Waals surface area contributed by atoms with Crippen LogP contribution in [0.25, 0.3) is 0 Å². The molecular formula is C20H29FN2O4. The summed E-state index contributed by atoms with van der Waals surface area (Å²) in [6.07, 6.45) is 3.02. The van der Waals surface area contributed by atoms with Crippen molar-refractivity contribution >= 4 is 11.8 Å². The molecule has 0 bridgehead atoms. The van der Waals surface area contributed by atoms with Gasteiger partial charge in [0.2, 0.25) is 5.91 Å². The molecule has 0 aliphatic carbocycles. The minimum atomic E-state index is -0.657. The molecular weight excluding hydrogens is 351 g/mol. The van der Waals surface area contributed by atoms with Gasteiger partial charge in [0.15, 0.2) is 0 Å². The molecule has 27 heavy (non-hydrogen) atoms. The van der Waals surface area contributed by atoms with Crippen LogP contribution in [0, 0.1) is 11.7 Å². The summed E-state index contributed by atoms with van der Waals surface area (Å²) in [6, 6.07) is 4.57. The van der Waals surface area contributed by atoms with Gasteiger partial charge in [0.1, 0.15) is 11.9 Å². The quantitative estimate of drug-likeness (QED) is 0.611. The maximum atomic E-state index is 13.0. The highest BCUT2D eigenvalue weighted by atomic mass is 19.1. The van der Waals surface area contributed by atoms with Crippen molar-refractivity contribution in [2.45, 2.75) is 45.3 Å². The second-order valence-electron chi connectivity index (χ2n) is 7.06. The average Bonchev–Trinajstić information content (AvgIpc) is 3.16. The third-order valence-corrected chi connectivity index (χ3v) is 4.43. The molecule has 2 atom stereocenters. The van der Waals surface area contributed by atoms with E-state index in [0.717, 1.165) is 19.4 Å². The van der Waals surface area contributed by atoms with Crippen molar-refractivity contribution in [2.75, 3.05) is 26.4 Å². The van der Waals surface area contributed by atoms with Gasteiger partial charge in [-0.15, -0.1) is 0 Å². The van der Waals surface area contributed by atoms with Gasteiger partial charge in [0, 0.05) is 25.3 Å². The average molecular weight is 380 g/mol. The zero-order chi connectivity index (χ0) is 19.6. The zero-order valence-electron chi connectivity index (χ0n) is 16.0. The summed E-state index contributed by atoms with van der Waals surface area (Å²) in [5.41, 5.74) is 0.317. The largest absolute Gasteiger partial charge is 0.379 e. The van der Waals surface area contributed by atoms with Crippen molar-refractivity contribution < 1.29 is 23.5 Å². The highest BCUT2D eigenvalue weighted by Crippen LogP contribution is 2.12. The summed E-state index contributed by atoms with van der Waals surface area (Å²) < 4.78 is 24.0. The van der Waals surface area contributed by atoms with Crippen LogP contribution in [0.4, 0.5) is 4.39 Å². The summed E-state index contributed by atoms with van der Waals surface area (Å²) in [5.74, 6) is -1.13. The molecule has 1 aliphatic heterocycles. The van der Waals surface area contributed by atoms with Crippen LogP contribution in [0.3, 0.4) is 0 Å². The fourth-order valence-electron chi connectivity index (χ4n) is 2.85. The summed E-state index contributed by atoms with van der Waals surface area (Å²) >= 11 is 0. The summed E-state index contributed by atoms with van der Waals surface area (Å²) in [5, 5.41) is 5.55. The summed E-state index contributed by atoms with van der Waals surface area (Å²) in [6.45, 7) is 6.15. The molecule has 2 N–H and O–H groups in total. The minimum absolute atomic E-state index is 0.0786. The van der Waals surface area contributed by atoms with Crippen LogP contribution in [0.2, 0.25) is 0 Å². The standard InChI is InChI=1S/C20H29FN2O4/c1-14(2)18(23-19(24)15-6-8-16(21)9-7-15)20(25)22-10-4-11-26-13-17-5-3-12-27-17/h6-9,14,17-18H,3-5,10-13H2,1-2H3,(H,22,25)(H,23,24). The van der Waals surface area contributed by atoms with Gasteiger partial charge in [-0.1, -0.05) is 13.8 Å². The smallest absolute Gasteiger partial charge is 0.251 e. The number of halogens is 1. The predicted octanol–water partition coefficient (Wildman–Crippen LogP) is 2.28. The maximum Gasteiger partial charge on any atom is 0.251 e. The fraction of sp³-hybridized carbons (Fsp3) is 0.600. The number of ether oxygens (including phenoxy) is 2. The predicted molar refractivity (Wildman–Crippen MR) is 99.9 cm³/mol. The zero-order valence-corrected chi connectivity index (χ0v) is 16.0. The Morgan fingerprint density at radius 1 is 1.30 bits per heavy atom. The number of benzene rings is 1. The molecule has 1 aliphatic rings. The SMILES string of the molecule is CC(C)C(NC(=O)c1ccc(F)cc1)C(=O)NCCCOCC1CCCO1. The molecule has 150 valence electrons. The molecule has 2 amide bonds. The molecule has 2 rings (SSSR count). The van der Waals surface area contributed by atoms with Gasteiger partial charge in [-0.3, -0.25) is 9.59 Å².